The van der Waals surface area contributed by atoms with Crippen molar-refractivity contribution in [1.82, 2.24) is 15.0 Å². The first-order valence-corrected chi connectivity index (χ1v) is 9.68. The molecule has 0 bridgehead atoms. The molecule has 6 heteroatoms. The van der Waals surface area contributed by atoms with E-state index >= 15 is 0 Å². The van der Waals surface area contributed by atoms with E-state index in [1.54, 1.807) is 24.3 Å². The fourth-order valence-electron chi connectivity index (χ4n) is 3.69. The lowest BCUT2D eigenvalue weighted by Gasteiger charge is -2.11. The number of aromatic amines is 2. The molecule has 2 heterocycles. The number of ketones is 1. The third kappa shape index (κ3) is 3.44. The Bertz CT molecular complexity index is 1500. The lowest BCUT2D eigenvalue weighted by molar-refractivity contribution is 0.104. The molecule has 31 heavy (non-hydrogen) atoms. The van der Waals surface area contributed by atoms with E-state index in [1.165, 1.54) is 30.4 Å². The van der Waals surface area contributed by atoms with Crippen LogP contribution < -0.4 is 5.56 Å². The van der Waals surface area contributed by atoms with Crippen LogP contribution in [0.5, 0.6) is 0 Å². The molecule has 0 fully saturated rings. The lowest BCUT2D eigenvalue weighted by atomic mass is 9.94. The van der Waals surface area contributed by atoms with Gasteiger partial charge in [0.15, 0.2) is 5.78 Å². The molecule has 5 rings (SSSR count). The van der Waals surface area contributed by atoms with Crippen molar-refractivity contribution in [2.45, 2.75) is 0 Å². The van der Waals surface area contributed by atoms with Crippen molar-refractivity contribution in [3.63, 3.8) is 0 Å². The predicted molar refractivity (Wildman–Crippen MR) is 119 cm³/mol. The van der Waals surface area contributed by atoms with Crippen LogP contribution in [0.25, 0.3) is 39.1 Å². The Balaban J connectivity index is 1.67. The Hall–Kier alpha value is -4.32. The number of fused-ring (bicyclic) bond motifs is 2. The van der Waals surface area contributed by atoms with Crippen LogP contribution in [0.4, 0.5) is 4.39 Å². The van der Waals surface area contributed by atoms with Crippen LogP contribution in [-0.4, -0.2) is 20.7 Å². The van der Waals surface area contributed by atoms with E-state index in [0.717, 1.165) is 11.0 Å². The number of allylic oxidation sites excluding steroid dienone is 1. The number of imidazole rings is 1. The van der Waals surface area contributed by atoms with Gasteiger partial charge >= 0.3 is 0 Å². The van der Waals surface area contributed by atoms with E-state index in [4.69, 9.17) is 0 Å². The number of H-pyrrole nitrogens is 2. The van der Waals surface area contributed by atoms with Gasteiger partial charge in [-0.15, -0.1) is 0 Å². The van der Waals surface area contributed by atoms with Crippen molar-refractivity contribution >= 4 is 33.8 Å². The molecular formula is C25H16FN3O2. The second-order valence-electron chi connectivity index (χ2n) is 7.10. The Morgan fingerprint density at radius 1 is 0.903 bits per heavy atom. The highest BCUT2D eigenvalue weighted by Gasteiger charge is 2.19. The van der Waals surface area contributed by atoms with Crippen LogP contribution in [0, 0.1) is 5.82 Å². The van der Waals surface area contributed by atoms with E-state index in [0.29, 0.717) is 27.9 Å². The molecule has 150 valence electrons. The Labute approximate surface area is 175 Å². The number of hydrogen-bond acceptors (Lipinski definition) is 3. The van der Waals surface area contributed by atoms with Crippen LogP contribution >= 0.6 is 0 Å². The zero-order valence-corrected chi connectivity index (χ0v) is 16.2. The maximum atomic E-state index is 14.0. The second-order valence-corrected chi connectivity index (χ2v) is 7.10. The molecule has 0 aliphatic carbocycles. The van der Waals surface area contributed by atoms with Crippen LogP contribution in [0.3, 0.4) is 0 Å². The van der Waals surface area contributed by atoms with Crippen molar-refractivity contribution in [2.75, 3.05) is 0 Å². The fraction of sp³-hybridized carbons (Fsp3) is 0. The van der Waals surface area contributed by atoms with Gasteiger partial charge in [-0.3, -0.25) is 9.59 Å². The van der Waals surface area contributed by atoms with Gasteiger partial charge in [0.2, 0.25) is 0 Å². The standard InChI is InChI=1S/C25H16FN3O2/c26-16-10-11-18-17(14-16)23(15-6-2-1-3-7-15)24(25(31)29-18)21(30)12-13-22-27-19-8-4-5-9-20(19)28-22/h1-14H,(H,27,28)(H,29,31). The van der Waals surface area contributed by atoms with E-state index in [9.17, 15) is 14.0 Å². The number of nitrogens with one attached hydrogen (secondary N) is 2. The third-order valence-electron chi connectivity index (χ3n) is 5.09. The fourth-order valence-corrected chi connectivity index (χ4v) is 3.69. The molecule has 3 aromatic carbocycles. The number of hydrogen-bond donors (Lipinski definition) is 2. The minimum absolute atomic E-state index is 0.0448. The molecule has 0 saturated carbocycles. The highest BCUT2D eigenvalue weighted by molar-refractivity contribution is 6.15. The lowest BCUT2D eigenvalue weighted by Crippen LogP contribution is -2.18. The Morgan fingerprint density at radius 2 is 1.68 bits per heavy atom. The monoisotopic (exact) mass is 409 g/mol. The average Bonchev–Trinajstić information content (AvgIpc) is 3.20. The summed E-state index contributed by atoms with van der Waals surface area (Å²) in [6.45, 7) is 0. The molecule has 2 aromatic heterocycles. The summed E-state index contributed by atoms with van der Waals surface area (Å²) in [7, 11) is 0. The van der Waals surface area contributed by atoms with E-state index < -0.39 is 17.2 Å². The molecule has 0 radical (unpaired) electrons. The second kappa shape index (κ2) is 7.50. The quantitative estimate of drug-likeness (QED) is 0.320. The maximum Gasteiger partial charge on any atom is 0.260 e. The number of nitrogens with zero attached hydrogens (tertiary/aromatic N) is 1. The van der Waals surface area contributed by atoms with Gasteiger partial charge < -0.3 is 9.97 Å². The van der Waals surface area contributed by atoms with E-state index in [2.05, 4.69) is 15.0 Å². The molecule has 5 aromatic rings. The molecule has 2 N–H and O–H groups in total. The molecule has 0 saturated heterocycles. The first-order valence-electron chi connectivity index (χ1n) is 9.68. The number of aromatic nitrogens is 3. The van der Waals surface area contributed by atoms with Crippen LogP contribution in [0.1, 0.15) is 16.2 Å². The van der Waals surface area contributed by atoms with Crippen molar-refractivity contribution in [3.05, 3.63) is 106 Å². The first kappa shape index (κ1) is 18.7. The molecule has 0 amide bonds. The maximum absolute atomic E-state index is 14.0. The first-order chi connectivity index (χ1) is 15.1. The van der Waals surface area contributed by atoms with Crippen molar-refractivity contribution in [1.29, 1.82) is 0 Å². The zero-order valence-electron chi connectivity index (χ0n) is 16.2. The Kier molecular flexibility index (Phi) is 4.52. The number of para-hydroxylation sites is 2. The summed E-state index contributed by atoms with van der Waals surface area (Å²) in [5.74, 6) is -0.446. The number of halogens is 1. The predicted octanol–water partition coefficient (Wildman–Crippen LogP) is 5.11. The molecule has 0 atom stereocenters. The summed E-state index contributed by atoms with van der Waals surface area (Å²) >= 11 is 0. The smallest absolute Gasteiger partial charge is 0.260 e. The van der Waals surface area contributed by atoms with E-state index in [1.807, 2.05) is 30.3 Å². The van der Waals surface area contributed by atoms with Gasteiger partial charge in [0.1, 0.15) is 11.6 Å². The third-order valence-corrected chi connectivity index (χ3v) is 5.09. The summed E-state index contributed by atoms with van der Waals surface area (Å²) in [6.07, 6.45) is 2.84. The number of carbonyl (C=O) groups excluding carboxylic acids is 1. The van der Waals surface area contributed by atoms with Crippen molar-refractivity contribution in [2.24, 2.45) is 0 Å². The summed E-state index contributed by atoms with van der Waals surface area (Å²) in [6, 6.07) is 20.6. The topological polar surface area (TPSA) is 78.6 Å². The minimum atomic E-state index is -0.530. The molecule has 5 nitrogen and oxygen atoms in total. The van der Waals surface area contributed by atoms with Crippen molar-refractivity contribution in [3.8, 4) is 11.1 Å². The SMILES string of the molecule is O=C(C=Cc1nc2ccccc2[nH]1)c1c(-c2ccccc2)c2cc(F)ccc2[nH]c1=O. The number of benzene rings is 3. The zero-order chi connectivity index (χ0) is 21.4. The van der Waals surface area contributed by atoms with Gasteiger partial charge in [-0.2, -0.15) is 0 Å². The van der Waals surface area contributed by atoms with Gasteiger partial charge in [0.25, 0.3) is 5.56 Å². The molecule has 0 aliphatic heterocycles. The molecular weight excluding hydrogens is 393 g/mol. The van der Waals surface area contributed by atoms with Gasteiger partial charge in [0, 0.05) is 16.5 Å². The average molecular weight is 409 g/mol. The van der Waals surface area contributed by atoms with Gasteiger partial charge in [0.05, 0.1) is 16.6 Å². The highest BCUT2D eigenvalue weighted by Crippen LogP contribution is 2.30. The largest absolute Gasteiger partial charge is 0.338 e. The van der Waals surface area contributed by atoms with Gasteiger partial charge in [-0.25, -0.2) is 9.37 Å². The number of rotatable bonds is 4. The number of carbonyl (C=O) groups is 1. The van der Waals surface area contributed by atoms with Crippen LogP contribution in [0.2, 0.25) is 0 Å². The summed E-state index contributed by atoms with van der Waals surface area (Å²) in [5.41, 5.74) is 2.57. The van der Waals surface area contributed by atoms with Gasteiger partial charge in [-0.1, -0.05) is 42.5 Å². The van der Waals surface area contributed by atoms with Crippen molar-refractivity contribution < 1.29 is 9.18 Å². The normalized spacial score (nSPS) is 11.5. The number of pyridine rings is 1. The summed E-state index contributed by atoms with van der Waals surface area (Å²) < 4.78 is 14.0. The molecule has 0 unspecified atom stereocenters. The van der Waals surface area contributed by atoms with Crippen LogP contribution in [0.15, 0.2) is 83.7 Å². The summed E-state index contributed by atoms with van der Waals surface area (Å²) in [4.78, 5) is 36.2. The Morgan fingerprint density at radius 3 is 2.48 bits per heavy atom. The van der Waals surface area contributed by atoms with Crippen LogP contribution in [-0.2, 0) is 0 Å². The molecule has 0 aliphatic rings. The van der Waals surface area contributed by atoms with Gasteiger partial charge in [-0.05, 0) is 48.0 Å². The highest BCUT2D eigenvalue weighted by atomic mass is 19.1. The molecule has 0 spiro atoms. The minimum Gasteiger partial charge on any atom is -0.338 e. The summed E-state index contributed by atoms with van der Waals surface area (Å²) in [5, 5.41) is 0.464. The van der Waals surface area contributed by atoms with E-state index in [-0.39, 0.29) is 5.56 Å².